The van der Waals surface area contributed by atoms with Crippen molar-refractivity contribution in [3.05, 3.63) is 40.4 Å². The topological polar surface area (TPSA) is 42.4 Å². The number of hydrogen-bond acceptors (Lipinski definition) is 4. The van der Waals surface area contributed by atoms with Gasteiger partial charge in [0.15, 0.2) is 0 Å². The Morgan fingerprint density at radius 1 is 1.43 bits per heavy atom. The van der Waals surface area contributed by atoms with Crippen LogP contribution in [-0.4, -0.2) is 41.1 Å². The molecule has 1 aromatic carbocycles. The molecular formula is C17H19ClN2O2S. The van der Waals surface area contributed by atoms with Crippen molar-refractivity contribution in [3.63, 3.8) is 0 Å². The number of carbonyl (C=O) groups excluding carboxylic acids is 1. The van der Waals surface area contributed by atoms with Gasteiger partial charge in [0.1, 0.15) is 5.01 Å². The molecule has 2 unspecified atom stereocenters. The molecule has 122 valence electrons. The molecule has 1 saturated heterocycles. The number of rotatable bonds is 3. The molecule has 3 rings (SSSR count). The van der Waals surface area contributed by atoms with Gasteiger partial charge in [0.25, 0.3) is 0 Å². The number of carbonyl (C=O) groups is 1. The lowest BCUT2D eigenvalue weighted by Crippen LogP contribution is -2.50. The van der Waals surface area contributed by atoms with Gasteiger partial charge in [-0.3, -0.25) is 4.79 Å². The van der Waals surface area contributed by atoms with Gasteiger partial charge in [0.05, 0.1) is 35.9 Å². The highest BCUT2D eigenvalue weighted by Gasteiger charge is 2.27. The fourth-order valence-electron chi connectivity index (χ4n) is 2.65. The van der Waals surface area contributed by atoms with Crippen LogP contribution in [-0.2, 0) is 16.0 Å². The lowest BCUT2D eigenvalue weighted by Gasteiger charge is -2.36. The van der Waals surface area contributed by atoms with E-state index in [2.05, 4.69) is 4.98 Å². The van der Waals surface area contributed by atoms with Gasteiger partial charge >= 0.3 is 0 Å². The highest BCUT2D eigenvalue weighted by atomic mass is 35.5. The first-order valence-electron chi connectivity index (χ1n) is 7.65. The van der Waals surface area contributed by atoms with Gasteiger partial charge in [-0.2, -0.15) is 0 Å². The molecule has 0 saturated carbocycles. The first-order valence-corrected chi connectivity index (χ1v) is 8.90. The van der Waals surface area contributed by atoms with Gasteiger partial charge in [-0.25, -0.2) is 4.98 Å². The van der Waals surface area contributed by atoms with Crippen LogP contribution >= 0.6 is 22.9 Å². The lowest BCUT2D eigenvalue weighted by molar-refractivity contribution is -0.142. The summed E-state index contributed by atoms with van der Waals surface area (Å²) in [6.45, 7) is 5.24. The Kier molecular flexibility index (Phi) is 4.99. The van der Waals surface area contributed by atoms with Gasteiger partial charge < -0.3 is 9.64 Å². The standard InChI is InChI=1S/C17H19ClN2O2S/c1-11-9-22-12(2)8-20(11)16(21)7-13-10-23-17(19-13)14-5-3-4-6-15(14)18/h3-6,10-12H,7-9H2,1-2H3. The van der Waals surface area contributed by atoms with Gasteiger partial charge in [-0.15, -0.1) is 11.3 Å². The van der Waals surface area contributed by atoms with Crippen LogP contribution in [0.3, 0.4) is 0 Å². The number of thiazole rings is 1. The van der Waals surface area contributed by atoms with E-state index in [-0.39, 0.29) is 18.1 Å². The van der Waals surface area contributed by atoms with Crippen LogP contribution in [0.1, 0.15) is 19.5 Å². The Balaban J connectivity index is 1.72. The molecule has 0 bridgehead atoms. The molecule has 1 aliphatic heterocycles. The molecular weight excluding hydrogens is 332 g/mol. The first-order chi connectivity index (χ1) is 11.0. The second-order valence-electron chi connectivity index (χ2n) is 5.84. The SMILES string of the molecule is CC1CN(C(=O)Cc2csc(-c3ccccc3Cl)n2)C(C)CO1. The fourth-order valence-corrected chi connectivity index (χ4v) is 3.79. The maximum absolute atomic E-state index is 12.5. The largest absolute Gasteiger partial charge is 0.375 e. The molecule has 2 aromatic rings. The molecule has 23 heavy (non-hydrogen) atoms. The quantitative estimate of drug-likeness (QED) is 0.848. The number of hydrogen-bond donors (Lipinski definition) is 0. The predicted molar refractivity (Wildman–Crippen MR) is 92.9 cm³/mol. The van der Waals surface area contributed by atoms with E-state index in [1.165, 1.54) is 11.3 Å². The third-order valence-electron chi connectivity index (χ3n) is 3.92. The molecule has 0 spiro atoms. The normalized spacial score (nSPS) is 21.4. The Labute approximate surface area is 145 Å². The molecule has 4 nitrogen and oxygen atoms in total. The van der Waals surface area contributed by atoms with Crippen molar-refractivity contribution in [1.29, 1.82) is 0 Å². The summed E-state index contributed by atoms with van der Waals surface area (Å²) in [6, 6.07) is 7.73. The van der Waals surface area contributed by atoms with Crippen LogP contribution in [0, 0.1) is 0 Å². The molecule has 1 fully saturated rings. The minimum atomic E-state index is 0.0873. The monoisotopic (exact) mass is 350 g/mol. The highest BCUT2D eigenvalue weighted by Crippen LogP contribution is 2.30. The zero-order chi connectivity index (χ0) is 16.4. The van der Waals surface area contributed by atoms with E-state index < -0.39 is 0 Å². The van der Waals surface area contributed by atoms with Crippen LogP contribution in [0.4, 0.5) is 0 Å². The second-order valence-corrected chi connectivity index (χ2v) is 7.10. The first kappa shape index (κ1) is 16.4. The summed E-state index contributed by atoms with van der Waals surface area (Å²) in [5.41, 5.74) is 1.70. The van der Waals surface area contributed by atoms with Crippen molar-refractivity contribution in [2.24, 2.45) is 0 Å². The van der Waals surface area contributed by atoms with Gasteiger partial charge in [-0.05, 0) is 19.9 Å². The Hall–Kier alpha value is -1.43. The summed E-state index contributed by atoms with van der Waals surface area (Å²) >= 11 is 7.72. The number of ether oxygens (including phenoxy) is 1. The van der Waals surface area contributed by atoms with E-state index in [1.54, 1.807) is 0 Å². The van der Waals surface area contributed by atoms with Crippen LogP contribution in [0.25, 0.3) is 10.6 Å². The molecule has 0 aliphatic carbocycles. The van der Waals surface area contributed by atoms with Crippen molar-refractivity contribution in [2.45, 2.75) is 32.4 Å². The summed E-state index contributed by atoms with van der Waals surface area (Å²) in [4.78, 5) is 19.0. The minimum absolute atomic E-state index is 0.0873. The highest BCUT2D eigenvalue weighted by molar-refractivity contribution is 7.13. The lowest BCUT2D eigenvalue weighted by atomic mass is 10.1. The third kappa shape index (κ3) is 3.74. The van der Waals surface area contributed by atoms with Crippen molar-refractivity contribution in [3.8, 4) is 10.6 Å². The molecule has 2 heterocycles. The van der Waals surface area contributed by atoms with Gasteiger partial charge in [0.2, 0.25) is 5.91 Å². The Bertz CT molecular complexity index is 703. The summed E-state index contributed by atoms with van der Waals surface area (Å²) in [6.07, 6.45) is 0.405. The van der Waals surface area contributed by atoms with Crippen LogP contribution in [0.15, 0.2) is 29.6 Å². The van der Waals surface area contributed by atoms with Crippen molar-refractivity contribution >= 4 is 28.8 Å². The molecule has 0 N–H and O–H groups in total. The van der Waals surface area contributed by atoms with Crippen molar-refractivity contribution in [2.75, 3.05) is 13.2 Å². The second kappa shape index (κ2) is 6.99. The Morgan fingerprint density at radius 2 is 2.22 bits per heavy atom. The van der Waals surface area contributed by atoms with E-state index in [9.17, 15) is 4.79 Å². The molecule has 6 heteroatoms. The molecule has 1 amide bonds. The summed E-state index contributed by atoms with van der Waals surface area (Å²) in [5.74, 6) is 0.101. The van der Waals surface area contributed by atoms with Crippen LogP contribution < -0.4 is 0 Å². The number of aromatic nitrogens is 1. The molecule has 0 radical (unpaired) electrons. The van der Waals surface area contributed by atoms with Gasteiger partial charge in [0, 0.05) is 17.5 Å². The molecule has 1 aliphatic rings. The molecule has 1 aromatic heterocycles. The maximum Gasteiger partial charge on any atom is 0.229 e. The zero-order valence-electron chi connectivity index (χ0n) is 13.2. The average Bonchev–Trinajstić information content (AvgIpc) is 2.98. The van der Waals surface area contributed by atoms with Gasteiger partial charge in [-0.1, -0.05) is 29.8 Å². The summed E-state index contributed by atoms with van der Waals surface area (Å²) in [7, 11) is 0. The smallest absolute Gasteiger partial charge is 0.229 e. The number of halogens is 1. The summed E-state index contributed by atoms with van der Waals surface area (Å²) < 4.78 is 5.57. The number of morpholine rings is 1. The minimum Gasteiger partial charge on any atom is -0.375 e. The predicted octanol–water partition coefficient (Wildman–Crippen LogP) is 3.64. The zero-order valence-corrected chi connectivity index (χ0v) is 14.7. The van der Waals surface area contributed by atoms with E-state index in [0.717, 1.165) is 16.3 Å². The number of amides is 1. The Morgan fingerprint density at radius 3 is 3.00 bits per heavy atom. The average molecular weight is 351 g/mol. The maximum atomic E-state index is 12.5. The van der Waals surface area contributed by atoms with E-state index in [0.29, 0.717) is 24.6 Å². The fraction of sp³-hybridized carbons (Fsp3) is 0.412. The van der Waals surface area contributed by atoms with E-state index >= 15 is 0 Å². The van der Waals surface area contributed by atoms with Crippen LogP contribution in [0.2, 0.25) is 5.02 Å². The van der Waals surface area contributed by atoms with E-state index in [4.69, 9.17) is 16.3 Å². The number of benzene rings is 1. The third-order valence-corrected chi connectivity index (χ3v) is 5.17. The van der Waals surface area contributed by atoms with Crippen molar-refractivity contribution < 1.29 is 9.53 Å². The molecule has 2 atom stereocenters. The van der Waals surface area contributed by atoms with E-state index in [1.807, 2.05) is 48.4 Å². The number of nitrogens with zero attached hydrogens (tertiary/aromatic N) is 2. The van der Waals surface area contributed by atoms with Crippen LogP contribution in [0.5, 0.6) is 0 Å². The summed E-state index contributed by atoms with van der Waals surface area (Å²) in [5, 5.41) is 3.46. The van der Waals surface area contributed by atoms with Crippen molar-refractivity contribution in [1.82, 2.24) is 9.88 Å².